The molecule has 1 aromatic rings. The van der Waals surface area contributed by atoms with Gasteiger partial charge in [-0.1, -0.05) is 20.8 Å². The Morgan fingerprint density at radius 2 is 1.64 bits per heavy atom. The average molecular weight is 410 g/mol. The summed E-state index contributed by atoms with van der Waals surface area (Å²) >= 11 is 0. The van der Waals surface area contributed by atoms with Crippen LogP contribution in [0.2, 0.25) is 18.1 Å². The second kappa shape index (κ2) is 7.87. The van der Waals surface area contributed by atoms with Crippen LogP contribution in [-0.2, 0) is 31.6 Å². The fourth-order valence-corrected chi connectivity index (χ4v) is 3.79. The van der Waals surface area contributed by atoms with Gasteiger partial charge in [0.1, 0.15) is 0 Å². The lowest BCUT2D eigenvalue weighted by atomic mass is 9.77. The summed E-state index contributed by atoms with van der Waals surface area (Å²) in [6, 6.07) is 0. The third-order valence-electron chi connectivity index (χ3n) is 6.70. The normalized spacial score (nSPS) is 19.5. The summed E-state index contributed by atoms with van der Waals surface area (Å²) in [5.41, 5.74) is 2.15. The smallest absolute Gasteiger partial charge is 0.411 e. The molecule has 6 nitrogen and oxygen atoms in total. The number of nitrogens with zero attached hydrogens (tertiary/aromatic N) is 2. The molecule has 1 aliphatic rings. The van der Waals surface area contributed by atoms with E-state index in [1.807, 2.05) is 4.68 Å². The molecule has 0 spiro atoms. The van der Waals surface area contributed by atoms with Crippen molar-refractivity contribution in [3.05, 3.63) is 11.4 Å². The monoisotopic (exact) mass is 410 g/mol. The third-order valence-corrected chi connectivity index (χ3v) is 11.2. The number of rotatable bonds is 7. The molecular formula is C20H39BN2O4Si. The molecule has 0 atom stereocenters. The van der Waals surface area contributed by atoms with Gasteiger partial charge in [0, 0.05) is 18.3 Å². The number of hydrogen-bond donors (Lipinski definition) is 0. The van der Waals surface area contributed by atoms with Crippen LogP contribution in [0.25, 0.3) is 0 Å². The Labute approximate surface area is 172 Å². The maximum Gasteiger partial charge on any atom is 0.498 e. The minimum Gasteiger partial charge on any atom is -0.411 e. The Kier molecular flexibility index (Phi) is 6.64. The molecule has 0 amide bonds. The quantitative estimate of drug-likeness (QED) is 0.642. The van der Waals surface area contributed by atoms with E-state index in [4.69, 9.17) is 23.6 Å². The standard InChI is InChI=1S/C20H39BN2O4Si/c1-15-17(21-26-19(5,6)20(7,8)27-21)16(22-23(15)12-13-24-9)14-25-28(10,11)18(2,3)4/h12-14H2,1-11H3. The van der Waals surface area contributed by atoms with Gasteiger partial charge in [0.25, 0.3) is 0 Å². The molecule has 1 aliphatic heterocycles. The highest BCUT2D eigenvalue weighted by Gasteiger charge is 2.53. The van der Waals surface area contributed by atoms with Gasteiger partial charge in [-0.2, -0.15) is 5.10 Å². The Morgan fingerprint density at radius 1 is 1.11 bits per heavy atom. The fraction of sp³-hybridized carbons (Fsp3) is 0.850. The summed E-state index contributed by atoms with van der Waals surface area (Å²) < 4.78 is 26.4. The van der Waals surface area contributed by atoms with E-state index < -0.39 is 26.6 Å². The lowest BCUT2D eigenvalue weighted by Crippen LogP contribution is -2.42. The number of aromatic nitrogens is 2. The first-order valence-corrected chi connectivity index (χ1v) is 13.1. The van der Waals surface area contributed by atoms with Gasteiger partial charge < -0.3 is 18.5 Å². The van der Waals surface area contributed by atoms with E-state index in [-0.39, 0.29) is 5.04 Å². The van der Waals surface area contributed by atoms with E-state index in [2.05, 4.69) is 68.5 Å². The molecule has 0 aromatic carbocycles. The molecule has 1 saturated heterocycles. The Morgan fingerprint density at radius 3 is 2.11 bits per heavy atom. The summed E-state index contributed by atoms with van der Waals surface area (Å²) in [7, 11) is -0.637. The largest absolute Gasteiger partial charge is 0.498 e. The van der Waals surface area contributed by atoms with Crippen LogP contribution in [0.1, 0.15) is 59.9 Å². The first-order chi connectivity index (χ1) is 12.6. The van der Waals surface area contributed by atoms with Crippen molar-refractivity contribution >= 4 is 20.9 Å². The summed E-state index contributed by atoms with van der Waals surface area (Å²) in [4.78, 5) is 0. The van der Waals surface area contributed by atoms with Crippen molar-refractivity contribution in [2.75, 3.05) is 13.7 Å². The van der Waals surface area contributed by atoms with Gasteiger partial charge >= 0.3 is 7.12 Å². The molecule has 0 bridgehead atoms. The molecule has 8 heteroatoms. The van der Waals surface area contributed by atoms with Gasteiger partial charge in [0.2, 0.25) is 0 Å². The zero-order chi connectivity index (χ0) is 21.5. The minimum absolute atomic E-state index is 0.144. The Balaban J connectivity index is 2.37. The molecule has 160 valence electrons. The van der Waals surface area contributed by atoms with E-state index >= 15 is 0 Å². The molecule has 1 fully saturated rings. The summed E-state index contributed by atoms with van der Waals surface area (Å²) in [6.07, 6.45) is 0. The van der Waals surface area contributed by atoms with Crippen LogP contribution in [0.4, 0.5) is 0 Å². The molecule has 2 rings (SSSR count). The van der Waals surface area contributed by atoms with Crippen LogP contribution >= 0.6 is 0 Å². The Hall–Kier alpha value is -0.668. The molecule has 2 heterocycles. The van der Waals surface area contributed by atoms with Crippen LogP contribution in [0.3, 0.4) is 0 Å². The van der Waals surface area contributed by atoms with Gasteiger partial charge in [-0.05, 0) is 52.8 Å². The third kappa shape index (κ3) is 4.56. The second-order valence-corrected chi connectivity index (χ2v) is 15.1. The first kappa shape index (κ1) is 23.6. The van der Waals surface area contributed by atoms with Crippen molar-refractivity contribution in [2.24, 2.45) is 0 Å². The molecule has 0 N–H and O–H groups in total. The van der Waals surface area contributed by atoms with Crippen LogP contribution in [0.15, 0.2) is 0 Å². The van der Waals surface area contributed by atoms with E-state index in [1.54, 1.807) is 7.11 Å². The van der Waals surface area contributed by atoms with Crippen molar-refractivity contribution in [1.29, 1.82) is 0 Å². The van der Waals surface area contributed by atoms with Gasteiger partial charge in [-0.3, -0.25) is 4.68 Å². The topological polar surface area (TPSA) is 54.7 Å². The number of ether oxygens (including phenoxy) is 1. The predicted octanol–water partition coefficient (Wildman–Crippen LogP) is 3.66. The Bertz CT molecular complexity index is 679. The zero-order valence-corrected chi connectivity index (χ0v) is 20.7. The van der Waals surface area contributed by atoms with Crippen molar-refractivity contribution in [2.45, 2.75) is 97.9 Å². The number of hydrogen-bond acceptors (Lipinski definition) is 5. The molecule has 1 aromatic heterocycles. The first-order valence-electron chi connectivity index (χ1n) is 10.2. The molecule has 0 radical (unpaired) electrons. The van der Waals surface area contributed by atoms with Crippen molar-refractivity contribution in [3.8, 4) is 0 Å². The summed E-state index contributed by atoms with van der Waals surface area (Å²) in [5, 5.41) is 4.99. The number of methoxy groups -OCH3 is 1. The maximum atomic E-state index is 6.48. The predicted molar refractivity (Wildman–Crippen MR) is 117 cm³/mol. The molecule has 0 aliphatic carbocycles. The molecular weight excluding hydrogens is 371 g/mol. The van der Waals surface area contributed by atoms with E-state index in [1.165, 1.54) is 0 Å². The van der Waals surface area contributed by atoms with Gasteiger partial charge in [0.05, 0.1) is 36.7 Å². The zero-order valence-electron chi connectivity index (χ0n) is 19.7. The highest BCUT2D eigenvalue weighted by atomic mass is 28.4. The van der Waals surface area contributed by atoms with E-state index in [0.29, 0.717) is 19.8 Å². The van der Waals surface area contributed by atoms with Crippen LogP contribution in [-0.4, -0.2) is 50.1 Å². The van der Waals surface area contributed by atoms with Gasteiger partial charge in [-0.25, -0.2) is 0 Å². The van der Waals surface area contributed by atoms with Gasteiger partial charge in [-0.15, -0.1) is 0 Å². The lowest BCUT2D eigenvalue weighted by Gasteiger charge is -2.36. The molecule has 0 unspecified atom stereocenters. The summed E-state index contributed by atoms with van der Waals surface area (Å²) in [5.74, 6) is 0. The average Bonchev–Trinajstić information content (AvgIpc) is 2.95. The van der Waals surface area contributed by atoms with Crippen LogP contribution in [0.5, 0.6) is 0 Å². The lowest BCUT2D eigenvalue weighted by molar-refractivity contribution is 0.00578. The maximum absolute atomic E-state index is 6.48. The highest BCUT2D eigenvalue weighted by molar-refractivity contribution is 6.74. The molecule has 0 saturated carbocycles. The van der Waals surface area contributed by atoms with Crippen molar-refractivity contribution in [1.82, 2.24) is 9.78 Å². The van der Waals surface area contributed by atoms with Crippen molar-refractivity contribution < 1.29 is 18.5 Å². The van der Waals surface area contributed by atoms with E-state index in [0.717, 1.165) is 16.9 Å². The van der Waals surface area contributed by atoms with Crippen LogP contribution < -0.4 is 5.46 Å². The molecule has 28 heavy (non-hydrogen) atoms. The van der Waals surface area contributed by atoms with Crippen LogP contribution in [0, 0.1) is 6.92 Å². The van der Waals surface area contributed by atoms with E-state index in [9.17, 15) is 0 Å². The minimum atomic E-state index is -1.90. The second-order valence-electron chi connectivity index (χ2n) is 10.3. The van der Waals surface area contributed by atoms with Crippen molar-refractivity contribution in [3.63, 3.8) is 0 Å². The summed E-state index contributed by atoms with van der Waals surface area (Å²) in [6.45, 7) is 23.4. The highest BCUT2D eigenvalue weighted by Crippen LogP contribution is 2.38. The fourth-order valence-electron chi connectivity index (χ4n) is 2.86. The van der Waals surface area contributed by atoms with Gasteiger partial charge in [0.15, 0.2) is 8.32 Å². The SMILES string of the molecule is COCCn1nc(CO[Si](C)(C)C(C)(C)C)c(B2OC(C)(C)C(C)(C)O2)c1C.